The van der Waals surface area contributed by atoms with Crippen LogP contribution in [-0.2, 0) is 0 Å². The molecule has 1 aromatic heterocycles. The Labute approximate surface area is 99.2 Å². The van der Waals surface area contributed by atoms with Crippen LogP contribution in [0.5, 0.6) is 0 Å². The van der Waals surface area contributed by atoms with Crippen LogP contribution >= 0.6 is 0 Å². The smallest absolute Gasteiger partial charge is 0.123 e. The van der Waals surface area contributed by atoms with Crippen LogP contribution in [0.1, 0.15) is 6.92 Å². The van der Waals surface area contributed by atoms with Gasteiger partial charge in [0.1, 0.15) is 22.5 Å². The van der Waals surface area contributed by atoms with Crippen LogP contribution in [-0.4, -0.2) is 20.1 Å². The highest BCUT2D eigenvalue weighted by atomic mass is 16.3. The van der Waals surface area contributed by atoms with Crippen molar-refractivity contribution in [1.82, 2.24) is 15.0 Å². The molecule has 0 unspecified atom stereocenters. The summed E-state index contributed by atoms with van der Waals surface area (Å²) in [5, 5.41) is 18.2. The normalized spacial score (nSPS) is 13.0. The third-order valence-corrected chi connectivity index (χ3v) is 2.26. The molecule has 0 atom stereocenters. The Morgan fingerprint density at radius 3 is 2.35 bits per heavy atom. The van der Waals surface area contributed by atoms with Crippen molar-refractivity contribution in [3.8, 4) is 0 Å². The van der Waals surface area contributed by atoms with Gasteiger partial charge in [-0.15, -0.1) is 15.0 Å². The number of allylic oxidation sites excluding steroid dienone is 5. The number of fused-ring (bicyclic) bond motifs is 1. The third-order valence-electron chi connectivity index (χ3n) is 2.26. The molecule has 1 aromatic carbocycles. The lowest BCUT2D eigenvalue weighted by atomic mass is 10.3. The van der Waals surface area contributed by atoms with Gasteiger partial charge in [0.25, 0.3) is 0 Å². The van der Waals surface area contributed by atoms with Gasteiger partial charge in [0.05, 0.1) is 0 Å². The van der Waals surface area contributed by atoms with E-state index in [1.54, 1.807) is 25.2 Å². The van der Waals surface area contributed by atoms with Crippen molar-refractivity contribution in [3.63, 3.8) is 0 Å². The fourth-order valence-corrected chi connectivity index (χ4v) is 1.46. The van der Waals surface area contributed by atoms with Crippen molar-refractivity contribution in [2.75, 3.05) is 0 Å². The number of aromatic nitrogens is 3. The number of benzene rings is 1. The Hall–Kier alpha value is -2.36. The zero-order valence-corrected chi connectivity index (χ0v) is 9.54. The zero-order valence-electron chi connectivity index (χ0n) is 9.54. The fraction of sp³-hybridized carbons (Fsp3) is 0.0769. The molecule has 0 fully saturated rings. The van der Waals surface area contributed by atoms with E-state index in [-0.39, 0.29) is 5.76 Å². The van der Waals surface area contributed by atoms with E-state index in [0.717, 1.165) is 11.0 Å². The molecule has 86 valence electrons. The zero-order chi connectivity index (χ0) is 12.3. The molecule has 0 saturated heterocycles. The molecule has 4 nitrogen and oxygen atoms in total. The van der Waals surface area contributed by atoms with Crippen molar-refractivity contribution < 1.29 is 5.11 Å². The van der Waals surface area contributed by atoms with Crippen LogP contribution < -0.4 is 0 Å². The van der Waals surface area contributed by atoms with Crippen LogP contribution in [0.4, 0.5) is 0 Å². The van der Waals surface area contributed by atoms with E-state index in [4.69, 9.17) is 0 Å². The Morgan fingerprint density at radius 1 is 1.29 bits per heavy atom. The Bertz CT molecular complexity index is 571. The van der Waals surface area contributed by atoms with Crippen LogP contribution in [0.25, 0.3) is 16.7 Å². The van der Waals surface area contributed by atoms with E-state index in [0.29, 0.717) is 5.70 Å². The molecular weight excluding hydrogens is 214 g/mol. The van der Waals surface area contributed by atoms with E-state index in [1.807, 2.05) is 24.3 Å². The lowest BCUT2D eigenvalue weighted by Crippen LogP contribution is -2.01. The highest BCUT2D eigenvalue weighted by Crippen LogP contribution is 2.13. The lowest BCUT2D eigenvalue weighted by molar-refractivity contribution is 0.412. The molecule has 0 aliphatic rings. The van der Waals surface area contributed by atoms with Gasteiger partial charge >= 0.3 is 0 Å². The summed E-state index contributed by atoms with van der Waals surface area (Å²) in [6, 6.07) is 7.55. The van der Waals surface area contributed by atoms with Gasteiger partial charge in [0, 0.05) is 0 Å². The topological polar surface area (TPSA) is 50.9 Å². The maximum atomic E-state index is 9.61. The number of rotatable bonds is 3. The van der Waals surface area contributed by atoms with Crippen molar-refractivity contribution in [3.05, 3.63) is 54.8 Å². The van der Waals surface area contributed by atoms with Crippen molar-refractivity contribution in [2.24, 2.45) is 0 Å². The van der Waals surface area contributed by atoms with Gasteiger partial charge in [-0.2, -0.15) is 0 Å². The van der Waals surface area contributed by atoms with Gasteiger partial charge in [-0.05, 0) is 25.1 Å². The Kier molecular flexibility index (Phi) is 3.05. The second kappa shape index (κ2) is 4.65. The van der Waals surface area contributed by atoms with Gasteiger partial charge < -0.3 is 5.11 Å². The summed E-state index contributed by atoms with van der Waals surface area (Å²) in [6.07, 6.45) is 5.07. The number of aliphatic hydroxyl groups excluding tert-OH is 1. The molecule has 0 bridgehead atoms. The van der Waals surface area contributed by atoms with Crippen molar-refractivity contribution in [1.29, 1.82) is 0 Å². The van der Waals surface area contributed by atoms with E-state index in [1.165, 1.54) is 4.80 Å². The van der Waals surface area contributed by atoms with Crippen molar-refractivity contribution in [2.45, 2.75) is 6.92 Å². The molecule has 0 spiro atoms. The van der Waals surface area contributed by atoms with E-state index in [9.17, 15) is 5.11 Å². The molecule has 17 heavy (non-hydrogen) atoms. The molecule has 2 rings (SSSR count). The molecule has 0 radical (unpaired) electrons. The molecule has 0 aliphatic carbocycles. The standard InChI is InChI=1S/C13H13N3O/c1-3-4-9-13(10(2)17)16-14-11-7-5-6-8-12(11)15-16/h3-9,17H,1H2,2H3/b9-4-,13-10-. The minimum Gasteiger partial charge on any atom is -0.510 e. The third kappa shape index (κ3) is 2.25. The number of aliphatic hydroxyl groups is 1. The summed E-state index contributed by atoms with van der Waals surface area (Å²) in [7, 11) is 0. The second-order valence-corrected chi connectivity index (χ2v) is 3.54. The van der Waals surface area contributed by atoms with Gasteiger partial charge in [-0.1, -0.05) is 30.9 Å². The quantitative estimate of drug-likeness (QED) is 0.648. The lowest BCUT2D eigenvalue weighted by Gasteiger charge is -2.00. The average Bonchev–Trinajstić information content (AvgIpc) is 2.72. The molecule has 1 N–H and O–H groups in total. The maximum Gasteiger partial charge on any atom is 0.123 e. The Morgan fingerprint density at radius 2 is 1.88 bits per heavy atom. The first-order valence-electron chi connectivity index (χ1n) is 5.24. The highest BCUT2D eigenvalue weighted by Gasteiger charge is 2.06. The summed E-state index contributed by atoms with van der Waals surface area (Å²) in [5.41, 5.74) is 2.11. The van der Waals surface area contributed by atoms with Crippen LogP contribution in [0.3, 0.4) is 0 Å². The summed E-state index contributed by atoms with van der Waals surface area (Å²) in [5.74, 6) is 0.156. The first kappa shape index (κ1) is 11.1. The average molecular weight is 227 g/mol. The first-order chi connectivity index (χ1) is 8.22. The molecular formula is C13H13N3O. The molecule has 1 heterocycles. The SMILES string of the molecule is C=C/C=C\C(=C(/C)O)n1nc2ccccc2n1. The van der Waals surface area contributed by atoms with Crippen LogP contribution in [0.2, 0.25) is 0 Å². The number of hydrogen-bond acceptors (Lipinski definition) is 3. The van der Waals surface area contributed by atoms with Crippen LogP contribution in [0, 0.1) is 0 Å². The molecule has 4 heteroatoms. The van der Waals surface area contributed by atoms with E-state index in [2.05, 4.69) is 16.8 Å². The minimum atomic E-state index is 0.156. The van der Waals surface area contributed by atoms with Gasteiger partial charge in [-0.25, -0.2) is 0 Å². The predicted octanol–water partition coefficient (Wildman–Crippen LogP) is 2.92. The Balaban J connectivity index is 2.54. The largest absolute Gasteiger partial charge is 0.510 e. The maximum absolute atomic E-state index is 9.61. The monoisotopic (exact) mass is 227 g/mol. The van der Waals surface area contributed by atoms with E-state index < -0.39 is 0 Å². The highest BCUT2D eigenvalue weighted by molar-refractivity contribution is 5.74. The van der Waals surface area contributed by atoms with Gasteiger partial charge in [0.15, 0.2) is 0 Å². The number of nitrogens with zero attached hydrogens (tertiary/aromatic N) is 3. The summed E-state index contributed by atoms with van der Waals surface area (Å²) >= 11 is 0. The fourth-order valence-electron chi connectivity index (χ4n) is 1.46. The second-order valence-electron chi connectivity index (χ2n) is 3.54. The predicted molar refractivity (Wildman–Crippen MR) is 68.4 cm³/mol. The summed E-state index contributed by atoms with van der Waals surface area (Å²) in [4.78, 5) is 1.42. The van der Waals surface area contributed by atoms with E-state index >= 15 is 0 Å². The molecule has 0 amide bonds. The first-order valence-corrected chi connectivity index (χ1v) is 5.24. The van der Waals surface area contributed by atoms with Crippen molar-refractivity contribution >= 4 is 16.7 Å². The molecule has 2 aromatic rings. The summed E-state index contributed by atoms with van der Waals surface area (Å²) in [6.45, 7) is 5.18. The van der Waals surface area contributed by atoms with Gasteiger partial charge in [0.2, 0.25) is 0 Å². The number of hydrogen-bond donors (Lipinski definition) is 1. The molecule has 0 aliphatic heterocycles. The molecule has 0 saturated carbocycles. The summed E-state index contributed by atoms with van der Waals surface area (Å²) < 4.78 is 0. The minimum absolute atomic E-state index is 0.156. The van der Waals surface area contributed by atoms with Crippen LogP contribution in [0.15, 0.2) is 54.8 Å². The van der Waals surface area contributed by atoms with Gasteiger partial charge in [-0.3, -0.25) is 0 Å².